The van der Waals surface area contributed by atoms with E-state index in [-0.39, 0.29) is 10.0 Å². The molecule has 0 radical (unpaired) electrons. The van der Waals surface area contributed by atoms with Crippen LogP contribution in [0.5, 0.6) is 0 Å². The van der Waals surface area contributed by atoms with Gasteiger partial charge in [0.05, 0.1) is 11.4 Å². The molecule has 0 bridgehead atoms. The van der Waals surface area contributed by atoms with E-state index in [2.05, 4.69) is 25.1 Å². The van der Waals surface area contributed by atoms with Gasteiger partial charge in [0.15, 0.2) is 0 Å². The SMILES string of the molecule is Cc1nnc(NS(=O)(=O)c2c(C)n[nH]c2C)s1. The van der Waals surface area contributed by atoms with Crippen molar-refractivity contribution in [1.29, 1.82) is 0 Å². The lowest BCUT2D eigenvalue weighted by Crippen LogP contribution is -2.14. The molecule has 0 aromatic carbocycles. The molecule has 2 aromatic heterocycles. The molecule has 0 saturated heterocycles. The molecule has 2 heterocycles. The molecule has 0 fully saturated rings. The number of aromatic nitrogens is 4. The number of rotatable bonds is 3. The van der Waals surface area contributed by atoms with Crippen LogP contribution in [0.25, 0.3) is 0 Å². The Balaban J connectivity index is 2.38. The number of hydrogen-bond acceptors (Lipinski definition) is 6. The zero-order chi connectivity index (χ0) is 12.6. The summed E-state index contributed by atoms with van der Waals surface area (Å²) in [5.74, 6) is 0. The quantitative estimate of drug-likeness (QED) is 0.868. The van der Waals surface area contributed by atoms with Crippen molar-refractivity contribution in [3.63, 3.8) is 0 Å². The van der Waals surface area contributed by atoms with Crippen molar-refractivity contribution >= 4 is 26.5 Å². The van der Waals surface area contributed by atoms with E-state index < -0.39 is 10.0 Å². The Morgan fingerprint density at radius 2 is 1.94 bits per heavy atom. The molecule has 0 aliphatic heterocycles. The predicted octanol–water partition coefficient (Wildman–Crippen LogP) is 0.987. The second-order valence-electron chi connectivity index (χ2n) is 3.49. The van der Waals surface area contributed by atoms with Crippen LogP contribution in [0, 0.1) is 20.8 Å². The van der Waals surface area contributed by atoms with Crippen molar-refractivity contribution < 1.29 is 8.42 Å². The summed E-state index contributed by atoms with van der Waals surface area (Å²) in [6.07, 6.45) is 0. The summed E-state index contributed by atoms with van der Waals surface area (Å²) in [5.41, 5.74) is 0.924. The fourth-order valence-corrected chi connectivity index (χ4v) is 3.64. The average molecular weight is 273 g/mol. The van der Waals surface area contributed by atoms with E-state index >= 15 is 0 Å². The molecular formula is C8H11N5O2S2. The minimum atomic E-state index is -3.65. The summed E-state index contributed by atoms with van der Waals surface area (Å²) in [5, 5.41) is 14.9. The lowest BCUT2D eigenvalue weighted by atomic mass is 10.4. The molecule has 92 valence electrons. The van der Waals surface area contributed by atoms with E-state index in [0.717, 1.165) is 0 Å². The number of nitrogens with one attached hydrogen (secondary N) is 2. The molecule has 0 spiro atoms. The van der Waals surface area contributed by atoms with Crippen molar-refractivity contribution in [1.82, 2.24) is 20.4 Å². The van der Waals surface area contributed by atoms with Crippen LogP contribution < -0.4 is 4.72 Å². The number of aryl methyl sites for hydroxylation is 3. The maximum absolute atomic E-state index is 12.1. The predicted molar refractivity (Wildman–Crippen MR) is 63.5 cm³/mol. The first-order chi connectivity index (χ1) is 7.90. The van der Waals surface area contributed by atoms with E-state index in [0.29, 0.717) is 16.4 Å². The van der Waals surface area contributed by atoms with Crippen molar-refractivity contribution in [2.75, 3.05) is 4.72 Å². The lowest BCUT2D eigenvalue weighted by Gasteiger charge is -2.03. The van der Waals surface area contributed by atoms with E-state index in [1.165, 1.54) is 11.3 Å². The first kappa shape index (κ1) is 12.0. The maximum atomic E-state index is 12.1. The van der Waals surface area contributed by atoms with Gasteiger partial charge in [-0.3, -0.25) is 9.82 Å². The molecule has 0 atom stereocenters. The molecule has 0 amide bonds. The van der Waals surface area contributed by atoms with E-state index in [9.17, 15) is 8.42 Å². The Kier molecular flexibility index (Phi) is 2.87. The van der Waals surface area contributed by atoms with Gasteiger partial charge in [-0.25, -0.2) is 8.42 Å². The summed E-state index contributed by atoms with van der Waals surface area (Å²) in [4.78, 5) is 0.158. The Morgan fingerprint density at radius 1 is 1.24 bits per heavy atom. The van der Waals surface area contributed by atoms with Crippen LogP contribution in [0.1, 0.15) is 16.4 Å². The van der Waals surface area contributed by atoms with Gasteiger partial charge in [0.2, 0.25) is 5.13 Å². The monoisotopic (exact) mass is 273 g/mol. The number of hydrogen-bond donors (Lipinski definition) is 2. The van der Waals surface area contributed by atoms with Gasteiger partial charge in [-0.2, -0.15) is 5.10 Å². The minimum absolute atomic E-state index is 0.158. The summed E-state index contributed by atoms with van der Waals surface area (Å²) in [6, 6.07) is 0. The van der Waals surface area contributed by atoms with Crippen molar-refractivity contribution in [3.05, 3.63) is 16.4 Å². The third kappa shape index (κ3) is 2.29. The standard InChI is InChI=1S/C8H11N5O2S2/c1-4-7(5(2)10-9-4)17(14,15)13-8-12-11-6(3)16-8/h1-3H3,(H,9,10)(H,12,13). The number of nitrogens with zero attached hydrogens (tertiary/aromatic N) is 3. The molecule has 2 N–H and O–H groups in total. The highest BCUT2D eigenvalue weighted by Gasteiger charge is 2.23. The molecule has 0 saturated carbocycles. The highest BCUT2D eigenvalue weighted by atomic mass is 32.2. The molecule has 0 aliphatic carbocycles. The molecule has 0 unspecified atom stereocenters. The van der Waals surface area contributed by atoms with Crippen LogP contribution in [0.3, 0.4) is 0 Å². The second kappa shape index (κ2) is 4.08. The Morgan fingerprint density at radius 3 is 2.41 bits per heavy atom. The average Bonchev–Trinajstić information content (AvgIpc) is 2.73. The summed E-state index contributed by atoms with van der Waals surface area (Å²) in [7, 11) is -3.65. The summed E-state index contributed by atoms with van der Waals surface area (Å²) >= 11 is 1.18. The van der Waals surface area contributed by atoms with E-state index in [1.807, 2.05) is 0 Å². The number of sulfonamides is 1. The normalized spacial score (nSPS) is 11.7. The fourth-order valence-electron chi connectivity index (χ4n) is 1.44. The number of anilines is 1. The van der Waals surface area contributed by atoms with E-state index in [1.54, 1.807) is 20.8 Å². The Labute approximate surface area is 102 Å². The first-order valence-electron chi connectivity index (χ1n) is 4.74. The second-order valence-corrected chi connectivity index (χ2v) is 6.30. The van der Waals surface area contributed by atoms with Gasteiger partial charge in [-0.15, -0.1) is 10.2 Å². The van der Waals surface area contributed by atoms with Crippen molar-refractivity contribution in [3.8, 4) is 0 Å². The van der Waals surface area contributed by atoms with Gasteiger partial charge in [-0.1, -0.05) is 11.3 Å². The molecular weight excluding hydrogens is 262 g/mol. The van der Waals surface area contributed by atoms with Gasteiger partial charge in [0, 0.05) is 0 Å². The highest BCUT2D eigenvalue weighted by Crippen LogP contribution is 2.22. The zero-order valence-corrected chi connectivity index (χ0v) is 11.1. The van der Waals surface area contributed by atoms with Gasteiger partial charge >= 0.3 is 0 Å². The maximum Gasteiger partial charge on any atom is 0.267 e. The molecule has 2 rings (SSSR count). The minimum Gasteiger partial charge on any atom is -0.281 e. The Bertz CT molecular complexity index is 623. The molecule has 2 aromatic rings. The third-order valence-electron chi connectivity index (χ3n) is 2.08. The van der Waals surface area contributed by atoms with Crippen molar-refractivity contribution in [2.45, 2.75) is 25.7 Å². The van der Waals surface area contributed by atoms with Crippen LogP contribution in [-0.2, 0) is 10.0 Å². The molecule has 9 heteroatoms. The highest BCUT2D eigenvalue weighted by molar-refractivity contribution is 7.93. The number of H-pyrrole nitrogens is 1. The Hall–Kier alpha value is -1.48. The lowest BCUT2D eigenvalue weighted by molar-refractivity contribution is 0.600. The molecule has 17 heavy (non-hydrogen) atoms. The fraction of sp³-hybridized carbons (Fsp3) is 0.375. The van der Waals surface area contributed by atoms with Crippen LogP contribution in [0.15, 0.2) is 4.90 Å². The largest absolute Gasteiger partial charge is 0.281 e. The first-order valence-corrected chi connectivity index (χ1v) is 7.04. The van der Waals surface area contributed by atoms with Gasteiger partial charge < -0.3 is 0 Å². The van der Waals surface area contributed by atoms with Crippen LogP contribution >= 0.6 is 11.3 Å². The smallest absolute Gasteiger partial charge is 0.267 e. The van der Waals surface area contributed by atoms with E-state index in [4.69, 9.17) is 0 Å². The van der Waals surface area contributed by atoms with Gasteiger partial charge in [0.1, 0.15) is 9.90 Å². The van der Waals surface area contributed by atoms with Crippen LogP contribution in [0.2, 0.25) is 0 Å². The zero-order valence-electron chi connectivity index (χ0n) is 9.47. The van der Waals surface area contributed by atoms with Crippen molar-refractivity contribution in [2.24, 2.45) is 0 Å². The summed E-state index contributed by atoms with van der Waals surface area (Å²) < 4.78 is 26.5. The number of aromatic amines is 1. The summed E-state index contributed by atoms with van der Waals surface area (Å²) in [6.45, 7) is 5.03. The van der Waals surface area contributed by atoms with Crippen LogP contribution in [0.4, 0.5) is 5.13 Å². The topological polar surface area (TPSA) is 101 Å². The van der Waals surface area contributed by atoms with Gasteiger partial charge in [0.25, 0.3) is 10.0 Å². The van der Waals surface area contributed by atoms with Crippen LogP contribution in [-0.4, -0.2) is 28.8 Å². The third-order valence-corrected chi connectivity index (χ3v) is 4.56. The molecule has 0 aliphatic rings. The van der Waals surface area contributed by atoms with Gasteiger partial charge in [-0.05, 0) is 20.8 Å². The molecule has 7 nitrogen and oxygen atoms in total.